The van der Waals surface area contributed by atoms with Crippen LogP contribution >= 0.6 is 0 Å². The Bertz CT molecular complexity index is 806. The van der Waals surface area contributed by atoms with Gasteiger partial charge in [-0.2, -0.15) is 0 Å². The number of hydrogen-bond acceptors (Lipinski definition) is 6. The summed E-state index contributed by atoms with van der Waals surface area (Å²) >= 11 is 0. The van der Waals surface area contributed by atoms with Crippen LogP contribution in [0.1, 0.15) is 48.9 Å². The van der Waals surface area contributed by atoms with Crippen LogP contribution in [0.25, 0.3) is 0 Å². The van der Waals surface area contributed by atoms with E-state index in [-0.39, 0.29) is 17.7 Å². The summed E-state index contributed by atoms with van der Waals surface area (Å²) in [5, 5.41) is 3.71. The molecule has 2 amide bonds. The molecule has 156 valence electrons. The lowest BCUT2D eigenvalue weighted by Gasteiger charge is -2.34. The van der Waals surface area contributed by atoms with Crippen LogP contribution in [0.5, 0.6) is 0 Å². The summed E-state index contributed by atoms with van der Waals surface area (Å²) in [6.45, 7) is 5.17. The molecule has 0 atom stereocenters. The van der Waals surface area contributed by atoms with Crippen molar-refractivity contribution in [3.8, 4) is 0 Å². The molecule has 0 spiro atoms. The van der Waals surface area contributed by atoms with Gasteiger partial charge in [0, 0.05) is 38.3 Å². The minimum Gasteiger partial charge on any atom is -0.351 e. The minimum atomic E-state index is -3.66. The first-order chi connectivity index (χ1) is 13.2. The zero-order valence-corrected chi connectivity index (χ0v) is 17.2. The second-order valence-electron chi connectivity index (χ2n) is 7.84. The van der Waals surface area contributed by atoms with E-state index in [4.69, 9.17) is 4.52 Å². The van der Waals surface area contributed by atoms with Crippen LogP contribution in [-0.4, -0.2) is 73.2 Å². The number of carbonyl (C=O) groups excluding carboxylic acids is 2. The van der Waals surface area contributed by atoms with Crippen LogP contribution in [0, 0.1) is 12.8 Å². The van der Waals surface area contributed by atoms with Crippen molar-refractivity contribution in [2.45, 2.75) is 45.6 Å². The predicted octanol–water partition coefficient (Wildman–Crippen LogP) is 0.766. The number of amides is 2. The van der Waals surface area contributed by atoms with Crippen LogP contribution in [0.3, 0.4) is 0 Å². The van der Waals surface area contributed by atoms with Gasteiger partial charge in [0.15, 0.2) is 0 Å². The smallest absolute Gasteiger partial charge is 0.292 e. The van der Waals surface area contributed by atoms with E-state index in [1.54, 1.807) is 17.9 Å². The molecule has 0 aromatic carbocycles. The predicted molar refractivity (Wildman–Crippen MR) is 102 cm³/mol. The first kappa shape index (κ1) is 20.8. The maximum atomic E-state index is 12.4. The molecule has 3 rings (SSSR count). The maximum Gasteiger partial charge on any atom is 0.292 e. The highest BCUT2D eigenvalue weighted by molar-refractivity contribution is 7.90. The second kappa shape index (κ2) is 8.60. The van der Waals surface area contributed by atoms with E-state index in [0.717, 1.165) is 25.7 Å². The third kappa shape index (κ3) is 5.32. The topological polar surface area (TPSA) is 113 Å². The van der Waals surface area contributed by atoms with Gasteiger partial charge in [-0.05, 0) is 38.5 Å². The molecule has 1 aliphatic heterocycles. The number of carbonyl (C=O) groups is 2. The number of rotatable bonds is 5. The monoisotopic (exact) mass is 412 g/mol. The minimum absolute atomic E-state index is 0.0752. The lowest BCUT2D eigenvalue weighted by molar-refractivity contribution is -0.129. The Balaban J connectivity index is 1.47. The first-order valence-electron chi connectivity index (χ1n) is 9.74. The van der Waals surface area contributed by atoms with Crippen molar-refractivity contribution in [2.24, 2.45) is 5.92 Å². The number of aromatic nitrogens is 1. The van der Waals surface area contributed by atoms with Gasteiger partial charge in [-0.15, -0.1) is 0 Å². The lowest BCUT2D eigenvalue weighted by atomic mass is 9.88. The molecule has 10 heteroatoms. The summed E-state index contributed by atoms with van der Waals surface area (Å²) in [5.41, 5.74) is 0.627. The van der Waals surface area contributed by atoms with Gasteiger partial charge in [-0.25, -0.2) is 13.1 Å². The molecule has 0 unspecified atom stereocenters. The number of nitrogens with zero attached hydrogens (tertiary/aromatic N) is 3. The van der Waals surface area contributed by atoms with Gasteiger partial charge in [0.05, 0.1) is 5.69 Å². The standard InChI is InChI=1S/C18H28N4O5S/c1-13-3-5-15(6-4-13)20-28(25,26)12-17(23)21-7-9-22(10-8-21)18(24)16-11-14(2)19-27-16/h11,13,15,20H,3-10,12H2,1-2H3. The van der Waals surface area contributed by atoms with Gasteiger partial charge in [0.1, 0.15) is 5.75 Å². The first-order valence-corrected chi connectivity index (χ1v) is 11.4. The Kier molecular flexibility index (Phi) is 6.39. The van der Waals surface area contributed by atoms with Crippen molar-refractivity contribution in [2.75, 3.05) is 31.9 Å². The van der Waals surface area contributed by atoms with Crippen molar-refractivity contribution in [3.63, 3.8) is 0 Å². The molecule has 1 aliphatic carbocycles. The van der Waals surface area contributed by atoms with Crippen LogP contribution in [0.15, 0.2) is 10.6 Å². The zero-order valence-electron chi connectivity index (χ0n) is 16.4. The Morgan fingerprint density at radius 1 is 1.14 bits per heavy atom. The summed E-state index contributed by atoms with van der Waals surface area (Å²) in [7, 11) is -3.66. The molecule has 1 saturated heterocycles. The van der Waals surface area contributed by atoms with Crippen molar-refractivity contribution in [1.29, 1.82) is 0 Å². The summed E-state index contributed by atoms with van der Waals surface area (Å²) < 4.78 is 32.4. The van der Waals surface area contributed by atoms with E-state index in [9.17, 15) is 18.0 Å². The number of hydrogen-bond donors (Lipinski definition) is 1. The fourth-order valence-corrected chi connectivity index (χ4v) is 5.04. The highest BCUT2D eigenvalue weighted by Gasteiger charge is 2.30. The number of nitrogens with one attached hydrogen (secondary N) is 1. The van der Waals surface area contributed by atoms with Crippen molar-refractivity contribution in [1.82, 2.24) is 19.7 Å². The fraction of sp³-hybridized carbons (Fsp3) is 0.722. The van der Waals surface area contributed by atoms with E-state index in [0.29, 0.717) is 37.8 Å². The van der Waals surface area contributed by atoms with Crippen molar-refractivity contribution in [3.05, 3.63) is 17.5 Å². The van der Waals surface area contributed by atoms with Gasteiger partial charge in [0.25, 0.3) is 5.91 Å². The quantitative estimate of drug-likeness (QED) is 0.764. The summed E-state index contributed by atoms with van der Waals surface area (Å²) in [4.78, 5) is 27.9. The number of sulfonamides is 1. The fourth-order valence-electron chi connectivity index (χ4n) is 3.71. The molecule has 1 aromatic heterocycles. The molecule has 1 N–H and O–H groups in total. The van der Waals surface area contributed by atoms with E-state index >= 15 is 0 Å². The molecule has 0 radical (unpaired) electrons. The van der Waals surface area contributed by atoms with Crippen molar-refractivity contribution < 1.29 is 22.5 Å². The highest BCUT2D eigenvalue weighted by Crippen LogP contribution is 2.23. The average molecular weight is 413 g/mol. The van der Waals surface area contributed by atoms with Gasteiger partial charge >= 0.3 is 0 Å². The molecule has 2 aliphatic rings. The van der Waals surface area contributed by atoms with Gasteiger partial charge in [-0.1, -0.05) is 12.1 Å². The van der Waals surface area contributed by atoms with Crippen LogP contribution in [0.4, 0.5) is 0 Å². The Labute approximate surface area is 165 Å². The molecular weight excluding hydrogens is 384 g/mol. The third-order valence-electron chi connectivity index (χ3n) is 5.43. The van der Waals surface area contributed by atoms with Gasteiger partial charge in [-0.3, -0.25) is 9.59 Å². The maximum absolute atomic E-state index is 12.4. The highest BCUT2D eigenvalue weighted by atomic mass is 32.2. The second-order valence-corrected chi connectivity index (χ2v) is 9.59. The largest absolute Gasteiger partial charge is 0.351 e. The van der Waals surface area contributed by atoms with E-state index < -0.39 is 21.7 Å². The van der Waals surface area contributed by atoms with Crippen molar-refractivity contribution >= 4 is 21.8 Å². The normalized spacial score (nSPS) is 23.6. The zero-order chi connectivity index (χ0) is 20.3. The Morgan fingerprint density at radius 2 is 1.75 bits per heavy atom. The number of piperazine rings is 1. The summed E-state index contributed by atoms with van der Waals surface area (Å²) in [6.07, 6.45) is 3.64. The molecule has 2 fully saturated rings. The molecule has 2 heterocycles. The third-order valence-corrected chi connectivity index (χ3v) is 6.75. The Morgan fingerprint density at radius 3 is 2.32 bits per heavy atom. The van der Waals surface area contributed by atoms with Gasteiger partial charge in [0.2, 0.25) is 21.7 Å². The number of aryl methyl sites for hydroxylation is 1. The van der Waals surface area contributed by atoms with E-state index in [1.807, 2.05) is 0 Å². The van der Waals surface area contributed by atoms with Crippen LogP contribution in [0.2, 0.25) is 0 Å². The molecule has 1 aromatic rings. The van der Waals surface area contributed by atoms with E-state index in [1.165, 1.54) is 4.90 Å². The molecule has 28 heavy (non-hydrogen) atoms. The SMILES string of the molecule is Cc1cc(C(=O)N2CCN(C(=O)CS(=O)(=O)NC3CCC(C)CC3)CC2)on1. The Hall–Kier alpha value is -1.94. The van der Waals surface area contributed by atoms with Crippen LogP contribution < -0.4 is 4.72 Å². The lowest BCUT2D eigenvalue weighted by Crippen LogP contribution is -2.52. The molecule has 1 saturated carbocycles. The average Bonchev–Trinajstić information content (AvgIpc) is 3.09. The van der Waals surface area contributed by atoms with E-state index in [2.05, 4.69) is 16.8 Å². The molecular formula is C18H28N4O5S. The van der Waals surface area contributed by atoms with Gasteiger partial charge < -0.3 is 14.3 Å². The molecule has 0 bridgehead atoms. The summed E-state index contributed by atoms with van der Waals surface area (Å²) in [6, 6.07) is 1.50. The summed E-state index contributed by atoms with van der Waals surface area (Å²) in [5.74, 6) is -0.449. The molecule has 9 nitrogen and oxygen atoms in total. The van der Waals surface area contributed by atoms with Crippen LogP contribution in [-0.2, 0) is 14.8 Å².